The van der Waals surface area contributed by atoms with Gasteiger partial charge in [0.2, 0.25) is 0 Å². The lowest BCUT2D eigenvalue weighted by Crippen LogP contribution is -2.47. The Labute approximate surface area is 179 Å². The molecule has 1 atom stereocenters. The Hall–Kier alpha value is -1.78. The zero-order valence-electron chi connectivity index (χ0n) is 18.5. The Balaban J connectivity index is 1.68. The first-order valence-electron chi connectivity index (χ1n) is 11.2. The van der Waals surface area contributed by atoms with Crippen molar-refractivity contribution in [1.29, 1.82) is 0 Å². The lowest BCUT2D eigenvalue weighted by atomic mass is 9.74. The van der Waals surface area contributed by atoms with Crippen LogP contribution in [0.15, 0.2) is 42.5 Å². The van der Waals surface area contributed by atoms with Gasteiger partial charge in [0.15, 0.2) is 0 Å². The summed E-state index contributed by atoms with van der Waals surface area (Å²) in [5, 5.41) is 14.3. The molecule has 2 nitrogen and oxygen atoms in total. The fourth-order valence-electron chi connectivity index (χ4n) is 4.51. The van der Waals surface area contributed by atoms with Gasteiger partial charge in [-0.2, -0.15) is 0 Å². The highest BCUT2D eigenvalue weighted by Crippen LogP contribution is 2.38. The zero-order valence-corrected chi connectivity index (χ0v) is 18.5. The molecule has 0 bridgehead atoms. The number of aliphatic hydroxyl groups excluding tert-OH is 1. The smallest absolute Gasteiger partial charge is 0.126 e. The monoisotopic (exact) mass is 415 g/mol. The average Bonchev–Trinajstić information content (AvgIpc) is 2.70. The van der Waals surface area contributed by atoms with E-state index in [-0.39, 0.29) is 11.0 Å². The van der Waals surface area contributed by atoms with Gasteiger partial charge in [-0.1, -0.05) is 64.3 Å². The topological polar surface area (TPSA) is 32.3 Å². The van der Waals surface area contributed by atoms with E-state index in [0.29, 0.717) is 24.9 Å². The van der Waals surface area contributed by atoms with Crippen molar-refractivity contribution in [1.82, 2.24) is 5.32 Å². The second kappa shape index (κ2) is 9.57. The summed E-state index contributed by atoms with van der Waals surface area (Å²) >= 11 is 0. The maximum Gasteiger partial charge on any atom is 0.126 e. The van der Waals surface area contributed by atoms with Gasteiger partial charge in [0, 0.05) is 18.2 Å². The molecular weight excluding hydrogens is 380 g/mol. The van der Waals surface area contributed by atoms with Gasteiger partial charge in [0.25, 0.3) is 0 Å². The van der Waals surface area contributed by atoms with Gasteiger partial charge in [-0.25, -0.2) is 8.78 Å². The van der Waals surface area contributed by atoms with Crippen molar-refractivity contribution in [2.45, 2.75) is 82.8 Å². The number of benzene rings is 2. The number of halogens is 2. The van der Waals surface area contributed by atoms with Crippen molar-refractivity contribution in [2.24, 2.45) is 0 Å². The third-order valence-corrected chi connectivity index (χ3v) is 6.35. The van der Waals surface area contributed by atoms with Crippen molar-refractivity contribution < 1.29 is 13.9 Å². The Morgan fingerprint density at radius 3 is 2.30 bits per heavy atom. The summed E-state index contributed by atoms with van der Waals surface area (Å²) in [4.78, 5) is 0. The van der Waals surface area contributed by atoms with Crippen LogP contribution in [-0.2, 0) is 17.4 Å². The fraction of sp³-hybridized carbons (Fsp3) is 0.538. The van der Waals surface area contributed by atoms with Crippen LogP contribution in [0.3, 0.4) is 0 Å². The van der Waals surface area contributed by atoms with Crippen LogP contribution in [0.25, 0.3) is 0 Å². The maximum atomic E-state index is 13.4. The minimum atomic E-state index is -0.572. The summed E-state index contributed by atoms with van der Waals surface area (Å²) in [6.07, 6.45) is 6.05. The summed E-state index contributed by atoms with van der Waals surface area (Å²) in [5.41, 5.74) is 3.17. The van der Waals surface area contributed by atoms with Crippen molar-refractivity contribution in [3.8, 4) is 0 Å². The molecule has 2 aromatic rings. The normalized spacial score (nSPS) is 17.7. The molecule has 4 heteroatoms. The standard InChI is InChI=1S/C26H35F2NO/c1-25(2,3)20-8-7-9-21(16-20)26(12-5-4-6-13-26)29-18-24(30)11-10-19-14-22(27)17-23(28)15-19/h7-9,14-17,24,29-30H,4-6,10-13,18H2,1-3H3. The number of hydrogen-bond donors (Lipinski definition) is 2. The Bertz CT molecular complexity index is 817. The Morgan fingerprint density at radius 2 is 1.67 bits per heavy atom. The van der Waals surface area contributed by atoms with E-state index in [4.69, 9.17) is 0 Å². The molecule has 1 fully saturated rings. The molecule has 2 aromatic carbocycles. The fourth-order valence-corrected chi connectivity index (χ4v) is 4.51. The second-order valence-corrected chi connectivity index (χ2v) is 9.82. The number of aryl methyl sites for hydroxylation is 1. The SMILES string of the molecule is CC(C)(C)c1cccc(C2(NCC(O)CCc3cc(F)cc(F)c3)CCCCC2)c1. The largest absolute Gasteiger partial charge is 0.392 e. The van der Waals surface area contributed by atoms with Gasteiger partial charge in [-0.3, -0.25) is 0 Å². The molecule has 1 aliphatic rings. The molecule has 3 rings (SSSR count). The third kappa shape index (κ3) is 5.89. The molecule has 0 saturated heterocycles. The van der Waals surface area contributed by atoms with E-state index in [1.165, 1.54) is 42.5 Å². The quantitative estimate of drug-likeness (QED) is 0.581. The van der Waals surface area contributed by atoms with E-state index in [1.807, 2.05) is 0 Å². The number of nitrogens with one attached hydrogen (secondary N) is 1. The molecule has 164 valence electrons. The van der Waals surface area contributed by atoms with Gasteiger partial charge in [-0.05, 0) is 59.9 Å². The van der Waals surface area contributed by atoms with Crippen LogP contribution in [0, 0.1) is 11.6 Å². The van der Waals surface area contributed by atoms with E-state index in [0.717, 1.165) is 18.9 Å². The number of aliphatic hydroxyl groups is 1. The molecule has 0 radical (unpaired) electrons. The highest BCUT2D eigenvalue weighted by Gasteiger charge is 2.34. The first kappa shape index (κ1) is 22.9. The van der Waals surface area contributed by atoms with Gasteiger partial charge in [0.1, 0.15) is 11.6 Å². The van der Waals surface area contributed by atoms with Crippen molar-refractivity contribution in [2.75, 3.05) is 6.54 Å². The summed E-state index contributed by atoms with van der Waals surface area (Å²) in [6, 6.07) is 12.4. The molecule has 1 unspecified atom stereocenters. The van der Waals surface area contributed by atoms with E-state index in [1.54, 1.807) is 0 Å². The molecule has 1 aliphatic carbocycles. The second-order valence-electron chi connectivity index (χ2n) is 9.82. The molecule has 0 amide bonds. The Morgan fingerprint density at radius 1 is 1.00 bits per heavy atom. The summed E-state index contributed by atoms with van der Waals surface area (Å²) in [6.45, 7) is 7.15. The van der Waals surface area contributed by atoms with Crippen molar-refractivity contribution >= 4 is 0 Å². The molecule has 1 saturated carbocycles. The minimum absolute atomic E-state index is 0.0889. The van der Waals surface area contributed by atoms with Crippen molar-refractivity contribution in [3.05, 3.63) is 70.8 Å². The minimum Gasteiger partial charge on any atom is -0.392 e. The first-order chi connectivity index (χ1) is 14.2. The van der Waals surface area contributed by atoms with Crippen LogP contribution in [0.1, 0.15) is 76.0 Å². The van der Waals surface area contributed by atoms with Crippen LogP contribution < -0.4 is 5.32 Å². The average molecular weight is 416 g/mol. The van der Waals surface area contributed by atoms with Crippen LogP contribution in [0.5, 0.6) is 0 Å². The first-order valence-corrected chi connectivity index (χ1v) is 11.2. The van der Waals surface area contributed by atoms with Gasteiger partial charge >= 0.3 is 0 Å². The lowest BCUT2D eigenvalue weighted by molar-refractivity contribution is 0.131. The van der Waals surface area contributed by atoms with Gasteiger partial charge < -0.3 is 10.4 Å². The highest BCUT2D eigenvalue weighted by molar-refractivity contribution is 5.33. The molecule has 30 heavy (non-hydrogen) atoms. The van der Waals surface area contributed by atoms with Crippen LogP contribution in [-0.4, -0.2) is 17.8 Å². The Kier molecular flexibility index (Phi) is 7.30. The van der Waals surface area contributed by atoms with Gasteiger partial charge in [0.05, 0.1) is 6.10 Å². The number of hydrogen-bond acceptors (Lipinski definition) is 2. The predicted octanol–water partition coefficient (Wildman–Crippen LogP) is 6.01. The summed E-state index contributed by atoms with van der Waals surface area (Å²) in [5.74, 6) is -1.14. The molecular formula is C26H35F2NO. The summed E-state index contributed by atoms with van der Waals surface area (Å²) in [7, 11) is 0. The predicted molar refractivity (Wildman–Crippen MR) is 119 cm³/mol. The zero-order chi connectivity index (χ0) is 21.8. The molecule has 0 spiro atoms. The summed E-state index contributed by atoms with van der Waals surface area (Å²) < 4.78 is 26.8. The third-order valence-electron chi connectivity index (χ3n) is 6.35. The van der Waals surface area contributed by atoms with Crippen LogP contribution >= 0.6 is 0 Å². The van der Waals surface area contributed by atoms with Gasteiger partial charge in [-0.15, -0.1) is 0 Å². The molecule has 0 heterocycles. The maximum absolute atomic E-state index is 13.4. The van der Waals surface area contributed by atoms with E-state index in [9.17, 15) is 13.9 Å². The van der Waals surface area contributed by atoms with Crippen molar-refractivity contribution in [3.63, 3.8) is 0 Å². The molecule has 2 N–H and O–H groups in total. The van der Waals surface area contributed by atoms with E-state index < -0.39 is 17.7 Å². The highest BCUT2D eigenvalue weighted by atomic mass is 19.1. The van der Waals surface area contributed by atoms with Crippen LogP contribution in [0.4, 0.5) is 8.78 Å². The molecule has 0 aliphatic heterocycles. The van der Waals surface area contributed by atoms with E-state index >= 15 is 0 Å². The number of rotatable bonds is 7. The van der Waals surface area contributed by atoms with E-state index in [2.05, 4.69) is 50.4 Å². The van der Waals surface area contributed by atoms with Crippen LogP contribution in [0.2, 0.25) is 0 Å². The molecule has 0 aromatic heterocycles. The lowest BCUT2D eigenvalue weighted by Gasteiger charge is -2.40.